The molecule has 0 saturated heterocycles. The van der Waals surface area contributed by atoms with Crippen LogP contribution in [0.2, 0.25) is 0 Å². The maximum Gasteiger partial charge on any atom is 0.123 e. The van der Waals surface area contributed by atoms with Gasteiger partial charge < -0.3 is 4.57 Å². The summed E-state index contributed by atoms with van der Waals surface area (Å²) in [6.07, 6.45) is 6.83. The average molecular weight is 523 g/mol. The van der Waals surface area contributed by atoms with E-state index >= 15 is 0 Å². The van der Waals surface area contributed by atoms with E-state index in [9.17, 15) is 4.39 Å². The van der Waals surface area contributed by atoms with Gasteiger partial charge in [0.15, 0.2) is 0 Å². The quantitative estimate of drug-likeness (QED) is 0.225. The van der Waals surface area contributed by atoms with Crippen molar-refractivity contribution < 1.29 is 4.39 Å². The molecule has 196 valence electrons. The van der Waals surface area contributed by atoms with Crippen molar-refractivity contribution in [3.05, 3.63) is 132 Å². The maximum atomic E-state index is 14.4. The molecule has 0 N–H and O–H groups in total. The number of benzene rings is 4. The standard InChI is InChI=1S/C37H31FN2/c38-30-20-21-37-33(25-30)32-18-9-1-2-10-19-36(32)40(37)31-17-11-16-28(22-31)29-23-34(26-12-5-3-6-13-26)39-35(24-29)27-14-7-4-8-15-27/h3-8,11-17,20-25H,1-2,9-10,18-19H2. The Morgan fingerprint density at radius 2 is 1.20 bits per heavy atom. The summed E-state index contributed by atoms with van der Waals surface area (Å²) < 4.78 is 16.8. The molecule has 0 aliphatic heterocycles. The first kappa shape index (κ1) is 24.5. The van der Waals surface area contributed by atoms with Gasteiger partial charge in [-0.2, -0.15) is 0 Å². The Hall–Kier alpha value is -4.50. The predicted octanol–water partition coefficient (Wildman–Crippen LogP) is 9.82. The Morgan fingerprint density at radius 3 is 1.90 bits per heavy atom. The van der Waals surface area contributed by atoms with Crippen molar-refractivity contribution in [3.63, 3.8) is 0 Å². The van der Waals surface area contributed by atoms with Crippen molar-refractivity contribution in [1.82, 2.24) is 9.55 Å². The molecule has 4 aromatic carbocycles. The second kappa shape index (κ2) is 10.6. The molecule has 0 spiro atoms. The summed E-state index contributed by atoms with van der Waals surface area (Å²) in [4.78, 5) is 5.06. The summed E-state index contributed by atoms with van der Waals surface area (Å²) in [6.45, 7) is 0. The van der Waals surface area contributed by atoms with E-state index in [2.05, 4.69) is 89.5 Å². The van der Waals surface area contributed by atoms with E-state index in [0.717, 1.165) is 75.9 Å². The highest BCUT2D eigenvalue weighted by atomic mass is 19.1. The molecule has 2 aromatic heterocycles. The van der Waals surface area contributed by atoms with Gasteiger partial charge in [0.05, 0.1) is 16.9 Å². The second-order valence-electron chi connectivity index (χ2n) is 10.7. The molecule has 0 unspecified atom stereocenters. The van der Waals surface area contributed by atoms with E-state index in [0.29, 0.717) is 0 Å². The minimum absolute atomic E-state index is 0.165. The van der Waals surface area contributed by atoms with Crippen molar-refractivity contribution in [2.75, 3.05) is 0 Å². The number of aromatic nitrogens is 2. The number of rotatable bonds is 4. The summed E-state index contributed by atoms with van der Waals surface area (Å²) in [5, 5.41) is 1.06. The first-order valence-corrected chi connectivity index (χ1v) is 14.3. The Morgan fingerprint density at radius 1 is 0.550 bits per heavy atom. The smallest absolute Gasteiger partial charge is 0.123 e. The van der Waals surface area contributed by atoms with Crippen molar-refractivity contribution in [2.24, 2.45) is 0 Å². The van der Waals surface area contributed by atoms with Crippen LogP contribution in [0.5, 0.6) is 0 Å². The van der Waals surface area contributed by atoms with Crippen LogP contribution >= 0.6 is 0 Å². The SMILES string of the molecule is Fc1ccc2c(c1)c1c(n2-c2cccc(-c3cc(-c4ccccc4)nc(-c4ccccc4)c3)c2)CCCCCC1. The molecule has 6 aromatic rings. The monoisotopic (exact) mass is 522 g/mol. The molecule has 0 bridgehead atoms. The minimum Gasteiger partial charge on any atom is -0.313 e. The first-order chi connectivity index (χ1) is 19.7. The fraction of sp³-hybridized carbons (Fsp3) is 0.162. The molecule has 1 aliphatic rings. The number of halogens is 1. The lowest BCUT2D eigenvalue weighted by Crippen LogP contribution is -2.05. The number of hydrogen-bond acceptors (Lipinski definition) is 1. The van der Waals surface area contributed by atoms with Gasteiger partial charge in [-0.3, -0.25) is 0 Å². The number of aryl methyl sites for hydroxylation is 1. The van der Waals surface area contributed by atoms with E-state index in [-0.39, 0.29) is 5.82 Å². The summed E-state index contributed by atoms with van der Waals surface area (Å²) >= 11 is 0. The molecule has 3 heteroatoms. The van der Waals surface area contributed by atoms with Gasteiger partial charge in [-0.25, -0.2) is 9.37 Å². The number of hydrogen-bond donors (Lipinski definition) is 0. The van der Waals surface area contributed by atoms with Gasteiger partial charge in [-0.15, -0.1) is 0 Å². The Bertz CT molecular complexity index is 1740. The van der Waals surface area contributed by atoms with Crippen LogP contribution in [0.15, 0.2) is 115 Å². The highest BCUT2D eigenvalue weighted by molar-refractivity contribution is 5.88. The van der Waals surface area contributed by atoms with Crippen molar-refractivity contribution in [3.8, 4) is 39.3 Å². The molecule has 7 rings (SSSR count). The van der Waals surface area contributed by atoms with Crippen molar-refractivity contribution in [1.29, 1.82) is 0 Å². The van der Waals surface area contributed by atoms with Gasteiger partial charge in [0.25, 0.3) is 0 Å². The van der Waals surface area contributed by atoms with Gasteiger partial charge in [0.1, 0.15) is 5.82 Å². The highest BCUT2D eigenvalue weighted by Gasteiger charge is 2.20. The lowest BCUT2D eigenvalue weighted by atomic mass is 9.96. The third-order valence-electron chi connectivity index (χ3n) is 8.14. The minimum atomic E-state index is -0.165. The molecule has 0 fully saturated rings. The zero-order valence-electron chi connectivity index (χ0n) is 22.5. The normalized spacial score (nSPS) is 13.5. The largest absolute Gasteiger partial charge is 0.313 e. The zero-order valence-corrected chi connectivity index (χ0v) is 22.5. The predicted molar refractivity (Wildman–Crippen MR) is 163 cm³/mol. The molecule has 1 aliphatic carbocycles. The molecule has 2 nitrogen and oxygen atoms in total. The van der Waals surface area contributed by atoms with E-state index < -0.39 is 0 Å². The average Bonchev–Trinajstić information content (AvgIpc) is 3.28. The van der Waals surface area contributed by atoms with Gasteiger partial charge in [-0.1, -0.05) is 85.6 Å². The Balaban J connectivity index is 1.41. The second-order valence-corrected chi connectivity index (χ2v) is 10.7. The van der Waals surface area contributed by atoms with Gasteiger partial charge >= 0.3 is 0 Å². The van der Waals surface area contributed by atoms with Gasteiger partial charge in [0, 0.05) is 27.9 Å². The zero-order chi connectivity index (χ0) is 26.9. The number of pyridine rings is 1. The fourth-order valence-electron chi connectivity index (χ4n) is 6.20. The molecular weight excluding hydrogens is 491 g/mol. The van der Waals surface area contributed by atoms with E-state index in [1.54, 1.807) is 12.1 Å². The summed E-state index contributed by atoms with van der Waals surface area (Å²) in [5.41, 5.74) is 11.2. The lowest BCUT2D eigenvalue weighted by Gasteiger charge is -2.16. The van der Waals surface area contributed by atoms with Crippen LogP contribution in [0.1, 0.15) is 36.9 Å². The van der Waals surface area contributed by atoms with Crippen LogP contribution < -0.4 is 0 Å². The summed E-state index contributed by atoms with van der Waals surface area (Å²) in [7, 11) is 0. The summed E-state index contributed by atoms with van der Waals surface area (Å²) in [6, 6.07) is 39.2. The van der Waals surface area contributed by atoms with Crippen LogP contribution in [0.3, 0.4) is 0 Å². The topological polar surface area (TPSA) is 17.8 Å². The van der Waals surface area contributed by atoms with Crippen LogP contribution in [0, 0.1) is 5.82 Å². The number of nitrogens with zero attached hydrogens (tertiary/aromatic N) is 2. The van der Waals surface area contributed by atoms with Crippen LogP contribution in [-0.2, 0) is 12.8 Å². The molecule has 0 atom stereocenters. The fourth-order valence-corrected chi connectivity index (χ4v) is 6.20. The van der Waals surface area contributed by atoms with Crippen LogP contribution in [-0.4, -0.2) is 9.55 Å². The molecule has 0 amide bonds. The van der Waals surface area contributed by atoms with E-state index in [4.69, 9.17) is 4.98 Å². The third kappa shape index (κ3) is 4.62. The lowest BCUT2D eigenvalue weighted by molar-refractivity contribution is 0.608. The van der Waals surface area contributed by atoms with E-state index in [1.807, 2.05) is 18.2 Å². The van der Waals surface area contributed by atoms with Crippen LogP contribution in [0.25, 0.3) is 50.2 Å². The maximum absolute atomic E-state index is 14.4. The highest BCUT2D eigenvalue weighted by Crippen LogP contribution is 2.36. The number of fused-ring (bicyclic) bond motifs is 3. The van der Waals surface area contributed by atoms with Crippen LogP contribution in [0.4, 0.5) is 4.39 Å². The Labute approximate surface area is 234 Å². The Kier molecular flexibility index (Phi) is 6.49. The first-order valence-electron chi connectivity index (χ1n) is 14.3. The third-order valence-corrected chi connectivity index (χ3v) is 8.14. The van der Waals surface area contributed by atoms with Crippen molar-refractivity contribution in [2.45, 2.75) is 38.5 Å². The summed E-state index contributed by atoms with van der Waals surface area (Å²) in [5.74, 6) is -0.165. The molecule has 0 radical (unpaired) electrons. The molecule has 0 saturated carbocycles. The molecule has 2 heterocycles. The van der Waals surface area contributed by atoms with Gasteiger partial charge in [0.2, 0.25) is 0 Å². The van der Waals surface area contributed by atoms with Gasteiger partial charge in [-0.05, 0) is 84.8 Å². The van der Waals surface area contributed by atoms with E-state index in [1.165, 1.54) is 24.1 Å². The van der Waals surface area contributed by atoms with Crippen molar-refractivity contribution >= 4 is 10.9 Å². The molecule has 40 heavy (non-hydrogen) atoms. The molecular formula is C37H31FN2.